The zero-order valence-corrected chi connectivity index (χ0v) is 27.3. The van der Waals surface area contributed by atoms with E-state index in [4.69, 9.17) is 17.7 Å². The number of ether oxygens (including phenoxy) is 1. The topological polar surface area (TPSA) is 98.3 Å². The summed E-state index contributed by atoms with van der Waals surface area (Å²) in [5.41, 5.74) is 0.703. The Bertz CT molecular complexity index is 1240. The summed E-state index contributed by atoms with van der Waals surface area (Å²) in [6, 6.07) is 8.57. The highest BCUT2D eigenvalue weighted by molar-refractivity contribution is 6.79. The van der Waals surface area contributed by atoms with Gasteiger partial charge in [-0.1, -0.05) is 30.3 Å². The molecule has 0 aromatic heterocycles. The summed E-state index contributed by atoms with van der Waals surface area (Å²) >= 11 is 0. The molecule has 1 amide bonds. The second-order valence-electron chi connectivity index (χ2n) is 11.1. The number of carbonyl (C=O) groups excluding carboxylic acids is 1. The van der Waals surface area contributed by atoms with Gasteiger partial charge in [0.25, 0.3) is 5.91 Å². The first-order valence-electron chi connectivity index (χ1n) is 13.7. The Labute approximate surface area is 253 Å². The number of halogens is 7. The van der Waals surface area contributed by atoms with Crippen LogP contribution in [0.3, 0.4) is 0 Å². The van der Waals surface area contributed by atoms with Gasteiger partial charge in [0.15, 0.2) is 8.32 Å². The van der Waals surface area contributed by atoms with Crippen molar-refractivity contribution in [3.05, 3.63) is 42.0 Å². The summed E-state index contributed by atoms with van der Waals surface area (Å²) in [6.45, 7) is 7.68. The van der Waals surface area contributed by atoms with E-state index in [-0.39, 0.29) is 18.7 Å². The first kappa shape index (κ1) is 37.9. The predicted molar refractivity (Wildman–Crippen MR) is 155 cm³/mol. The van der Waals surface area contributed by atoms with Crippen molar-refractivity contribution in [2.45, 2.75) is 69.2 Å². The minimum atomic E-state index is -6.63. The first-order valence-corrected chi connectivity index (χ1v) is 19.0. The molecule has 44 heavy (non-hydrogen) atoms. The molecule has 3 N–H and O–H groups in total. The molecule has 17 heteroatoms. The van der Waals surface area contributed by atoms with Gasteiger partial charge in [-0.05, 0) is 50.0 Å². The highest BCUT2D eigenvalue weighted by Gasteiger charge is 2.76. The van der Waals surface area contributed by atoms with Crippen LogP contribution in [0, 0.1) is 0 Å². The Hall–Kier alpha value is -2.29. The van der Waals surface area contributed by atoms with E-state index in [0.29, 0.717) is 35.5 Å². The molecule has 0 radical (unpaired) electrons. The number of rotatable bonds is 17. The van der Waals surface area contributed by atoms with Crippen molar-refractivity contribution >= 4 is 39.5 Å². The highest BCUT2D eigenvalue weighted by Crippen LogP contribution is 2.46. The van der Waals surface area contributed by atoms with Crippen LogP contribution in [0.2, 0.25) is 25.7 Å². The summed E-state index contributed by atoms with van der Waals surface area (Å²) < 4.78 is 115. The van der Waals surface area contributed by atoms with Crippen LogP contribution in [-0.2, 0) is 22.5 Å². The molecule has 0 heterocycles. The lowest BCUT2D eigenvalue weighted by atomic mass is 9.97. The van der Waals surface area contributed by atoms with Crippen LogP contribution >= 0.6 is 0 Å². The van der Waals surface area contributed by atoms with E-state index in [1.165, 1.54) is 19.1 Å². The maximum absolute atomic E-state index is 13.9. The lowest BCUT2D eigenvalue weighted by Crippen LogP contribution is -2.59. The van der Waals surface area contributed by atoms with Gasteiger partial charge < -0.3 is 33.4 Å². The summed E-state index contributed by atoms with van der Waals surface area (Å²) in [5.74, 6) is -15.4. The Morgan fingerprint density at radius 1 is 0.955 bits per heavy atom. The summed E-state index contributed by atoms with van der Waals surface area (Å²) in [6.07, 6.45) is -6.97. The van der Waals surface area contributed by atoms with E-state index in [1.807, 2.05) is 19.6 Å². The fourth-order valence-electron chi connectivity index (χ4n) is 4.32. The van der Waals surface area contributed by atoms with Crippen molar-refractivity contribution in [1.29, 1.82) is 0 Å². The molecule has 0 saturated carbocycles. The number of aliphatic hydroxyl groups excluding tert-OH is 1. The summed E-state index contributed by atoms with van der Waals surface area (Å²) in [5, 5.41) is 16.0. The zero-order chi connectivity index (χ0) is 33.6. The molecule has 2 atom stereocenters. The van der Waals surface area contributed by atoms with E-state index >= 15 is 0 Å². The largest absolute Gasteiger partial charge is 0.490 e. The first-order chi connectivity index (χ1) is 20.2. The molecule has 2 aromatic rings. The van der Waals surface area contributed by atoms with Gasteiger partial charge in [-0.25, -0.2) is 0 Å². The van der Waals surface area contributed by atoms with Gasteiger partial charge in [-0.2, -0.15) is 30.7 Å². The molecule has 0 aliphatic rings. The fraction of sp³-hybridized carbons (Fsp3) is 0.593. The molecular weight excluding hydrogens is 637 g/mol. The van der Waals surface area contributed by atoms with Crippen molar-refractivity contribution in [2.24, 2.45) is 0 Å². The van der Waals surface area contributed by atoms with E-state index in [1.54, 1.807) is 43.8 Å². The molecule has 0 fully saturated rings. The van der Waals surface area contributed by atoms with Crippen LogP contribution in [0.5, 0.6) is 0 Å². The molecule has 2 rings (SSSR count). The summed E-state index contributed by atoms with van der Waals surface area (Å²) in [4.78, 5) is 11.9. The van der Waals surface area contributed by atoms with E-state index in [0.717, 1.165) is 0 Å². The Balaban J connectivity index is 2.01. The van der Waals surface area contributed by atoms with Crippen LogP contribution in [0.1, 0.15) is 24.9 Å². The maximum atomic E-state index is 13.9. The number of aliphatic hydroxyl groups is 1. The van der Waals surface area contributed by atoms with Crippen molar-refractivity contribution in [2.75, 3.05) is 39.3 Å². The van der Waals surface area contributed by atoms with Crippen molar-refractivity contribution in [1.82, 2.24) is 5.32 Å². The van der Waals surface area contributed by atoms with Crippen molar-refractivity contribution < 1.29 is 58.3 Å². The quantitative estimate of drug-likeness (QED) is 0.106. The van der Waals surface area contributed by atoms with Gasteiger partial charge in [-0.15, -0.1) is 0 Å². The smallest absolute Gasteiger partial charge is 0.416 e. The molecule has 1 unspecified atom stereocenters. The number of benzene rings is 2. The number of carbonyl (C=O) groups is 1. The van der Waals surface area contributed by atoms with Gasteiger partial charge >= 0.3 is 26.8 Å². The minimum Gasteiger partial charge on any atom is -0.416 e. The van der Waals surface area contributed by atoms with Crippen LogP contribution in [0.25, 0.3) is 10.8 Å². The number of fused-ring (bicyclic) bond motifs is 1. The maximum Gasteiger partial charge on any atom is 0.490 e. The molecule has 0 aliphatic carbocycles. The monoisotopic (exact) mass is 676 g/mol. The Kier molecular flexibility index (Phi) is 12.8. The number of amides is 1. The fourth-order valence-corrected chi connectivity index (χ4v) is 10.3. The SMILES string of the molecule is CO[Si](CCCOCC(O)CNc1ccc([C@@H](C)NC(=O)C(F)(F)C(F)(F)C(F)(F)F)c2ccccc12)(OC)O[Si](C)(C)C. The number of nitrogens with one attached hydrogen (secondary N) is 2. The van der Waals surface area contributed by atoms with E-state index in [2.05, 4.69) is 5.32 Å². The second-order valence-corrected chi connectivity index (χ2v) is 18.8. The molecule has 250 valence electrons. The third-order valence-corrected chi connectivity index (χ3v) is 12.4. The number of anilines is 1. The highest BCUT2D eigenvalue weighted by atomic mass is 28.5. The molecule has 0 bridgehead atoms. The van der Waals surface area contributed by atoms with Crippen molar-refractivity contribution in [3.63, 3.8) is 0 Å². The standard InChI is InChI=1S/C27H39F7N2O6Si2/c1-18(36-24(38)25(28,29)26(30,31)27(32,33)34)20-12-13-23(22-11-8-7-10-21(20)22)35-16-19(37)17-41-14-9-15-44(39-2,40-3)42-43(4,5)6/h7-8,10-13,18-19,35,37H,9,14-17H2,1-6H3,(H,36,38)/t18-,19?/m1/s1. The molecular formula is C27H39F7N2O6Si2. The number of hydrogen-bond donors (Lipinski definition) is 3. The third kappa shape index (κ3) is 9.37. The lowest BCUT2D eigenvalue weighted by Gasteiger charge is -2.33. The van der Waals surface area contributed by atoms with Crippen molar-refractivity contribution in [3.8, 4) is 0 Å². The van der Waals surface area contributed by atoms with Gasteiger partial charge in [0.1, 0.15) is 0 Å². The third-order valence-electron chi connectivity index (χ3n) is 6.50. The molecule has 0 aliphatic heterocycles. The van der Waals surface area contributed by atoms with Gasteiger partial charge in [0.2, 0.25) is 0 Å². The predicted octanol–water partition coefficient (Wildman–Crippen LogP) is 6.11. The minimum absolute atomic E-state index is 0.00620. The van der Waals surface area contributed by atoms with Gasteiger partial charge in [0, 0.05) is 44.5 Å². The van der Waals surface area contributed by atoms with E-state index in [9.17, 15) is 40.6 Å². The number of hydrogen-bond acceptors (Lipinski definition) is 7. The molecule has 8 nitrogen and oxygen atoms in total. The normalized spacial score (nSPS) is 14.9. The molecule has 0 saturated heterocycles. The van der Waals surface area contributed by atoms with Crippen LogP contribution < -0.4 is 10.6 Å². The van der Waals surface area contributed by atoms with Crippen LogP contribution in [0.4, 0.5) is 36.4 Å². The average molecular weight is 677 g/mol. The second kappa shape index (κ2) is 14.9. The zero-order valence-electron chi connectivity index (χ0n) is 25.3. The molecule has 0 spiro atoms. The van der Waals surface area contributed by atoms with E-state index < -0.39 is 53.2 Å². The van der Waals surface area contributed by atoms with Gasteiger partial charge in [-0.3, -0.25) is 4.79 Å². The number of alkyl halides is 7. The Morgan fingerprint density at radius 2 is 1.55 bits per heavy atom. The van der Waals surface area contributed by atoms with Gasteiger partial charge in [0.05, 0.1) is 18.8 Å². The van der Waals surface area contributed by atoms with Crippen LogP contribution in [-0.4, -0.2) is 86.2 Å². The lowest BCUT2D eigenvalue weighted by molar-refractivity contribution is -0.344. The average Bonchev–Trinajstić information content (AvgIpc) is 2.93. The summed E-state index contributed by atoms with van der Waals surface area (Å²) in [7, 11) is -1.63. The Morgan fingerprint density at radius 3 is 2.09 bits per heavy atom. The van der Waals surface area contributed by atoms with Crippen LogP contribution in [0.15, 0.2) is 36.4 Å². The molecule has 2 aromatic carbocycles.